The fourth-order valence-corrected chi connectivity index (χ4v) is 3.72. The van der Waals surface area contributed by atoms with E-state index in [0.717, 1.165) is 45.1 Å². The molecule has 21 heavy (non-hydrogen) atoms. The Morgan fingerprint density at radius 2 is 1.86 bits per heavy atom. The van der Waals surface area contributed by atoms with E-state index in [9.17, 15) is 9.59 Å². The second-order valence-electron chi connectivity index (χ2n) is 7.31. The topological polar surface area (TPSA) is 49.4 Å². The summed E-state index contributed by atoms with van der Waals surface area (Å²) in [6, 6.07) is -0.189. The van der Waals surface area contributed by atoms with Gasteiger partial charge in [-0.2, -0.15) is 0 Å². The van der Waals surface area contributed by atoms with Crippen molar-refractivity contribution in [2.75, 3.05) is 6.54 Å². The van der Waals surface area contributed by atoms with E-state index in [-0.39, 0.29) is 17.9 Å². The Bertz CT molecular complexity index is 429. The molecule has 2 unspecified atom stereocenters. The van der Waals surface area contributed by atoms with Crippen LogP contribution in [0.2, 0.25) is 0 Å². The molecule has 2 aliphatic carbocycles. The highest BCUT2D eigenvalue weighted by Crippen LogP contribution is 2.45. The lowest BCUT2D eigenvalue weighted by Gasteiger charge is -2.45. The minimum Gasteiger partial charge on any atom is -0.340 e. The predicted octanol–water partition coefficient (Wildman–Crippen LogP) is 2.47. The maximum Gasteiger partial charge on any atom is 0.249 e. The van der Waals surface area contributed by atoms with E-state index in [0.29, 0.717) is 11.8 Å². The summed E-state index contributed by atoms with van der Waals surface area (Å²) < 4.78 is 0. The largest absolute Gasteiger partial charge is 0.340 e. The van der Waals surface area contributed by atoms with Crippen LogP contribution < -0.4 is 5.32 Å². The second-order valence-corrected chi connectivity index (χ2v) is 7.31. The van der Waals surface area contributed by atoms with Crippen molar-refractivity contribution in [3.05, 3.63) is 0 Å². The summed E-state index contributed by atoms with van der Waals surface area (Å²) in [5.41, 5.74) is -0.632. The van der Waals surface area contributed by atoms with E-state index < -0.39 is 5.54 Å². The lowest BCUT2D eigenvalue weighted by atomic mass is 9.88. The molecule has 0 aromatic rings. The minimum atomic E-state index is -0.632. The van der Waals surface area contributed by atoms with Gasteiger partial charge in [-0.15, -0.1) is 0 Å². The first kappa shape index (κ1) is 14.9. The molecule has 0 radical (unpaired) electrons. The van der Waals surface area contributed by atoms with Gasteiger partial charge < -0.3 is 10.2 Å². The molecule has 2 atom stereocenters. The highest BCUT2D eigenvalue weighted by molar-refractivity contribution is 6.00. The molecule has 0 spiro atoms. The summed E-state index contributed by atoms with van der Waals surface area (Å²) in [6.45, 7) is 4.89. The van der Waals surface area contributed by atoms with E-state index in [2.05, 4.69) is 12.2 Å². The van der Waals surface area contributed by atoms with E-state index in [1.807, 2.05) is 11.8 Å². The number of unbranched alkanes of at least 4 members (excludes halogenated alkanes) is 3. The molecule has 3 aliphatic rings. The third-order valence-corrected chi connectivity index (χ3v) is 5.41. The molecule has 0 aromatic heterocycles. The van der Waals surface area contributed by atoms with Crippen molar-refractivity contribution in [3.8, 4) is 0 Å². The third kappa shape index (κ3) is 2.82. The van der Waals surface area contributed by atoms with Crippen LogP contribution in [0.15, 0.2) is 0 Å². The monoisotopic (exact) mass is 292 g/mol. The molecule has 1 heterocycles. The molecule has 118 valence electrons. The number of nitrogens with zero attached hydrogens (tertiary/aromatic N) is 1. The molecule has 2 saturated carbocycles. The van der Waals surface area contributed by atoms with Crippen molar-refractivity contribution in [3.63, 3.8) is 0 Å². The Balaban J connectivity index is 1.72. The summed E-state index contributed by atoms with van der Waals surface area (Å²) in [4.78, 5) is 27.5. The number of nitrogens with one attached hydrogen (secondary N) is 1. The van der Waals surface area contributed by atoms with Crippen LogP contribution in [0.4, 0.5) is 0 Å². The van der Waals surface area contributed by atoms with Crippen molar-refractivity contribution < 1.29 is 9.59 Å². The summed E-state index contributed by atoms with van der Waals surface area (Å²) in [5, 5.41) is 3.08. The molecule has 2 amide bonds. The lowest BCUT2D eigenvalue weighted by Crippen LogP contribution is -2.70. The highest BCUT2D eigenvalue weighted by atomic mass is 16.2. The SMILES string of the molecule is CCCCCCN1C(=O)C(C)(C2CC2)NC(=O)C1C1CC1. The molecule has 1 N–H and O–H groups in total. The molecule has 4 nitrogen and oxygen atoms in total. The number of rotatable bonds is 7. The van der Waals surface area contributed by atoms with Crippen LogP contribution in [0, 0.1) is 11.8 Å². The molecule has 0 bridgehead atoms. The average Bonchev–Trinajstić information content (AvgIpc) is 3.30. The zero-order valence-electron chi connectivity index (χ0n) is 13.4. The van der Waals surface area contributed by atoms with Crippen LogP contribution in [0.1, 0.15) is 65.2 Å². The summed E-state index contributed by atoms with van der Waals surface area (Å²) >= 11 is 0. The van der Waals surface area contributed by atoms with E-state index in [1.165, 1.54) is 12.8 Å². The number of hydrogen-bond acceptors (Lipinski definition) is 2. The Hall–Kier alpha value is -1.06. The van der Waals surface area contributed by atoms with Crippen molar-refractivity contribution in [2.24, 2.45) is 11.8 Å². The van der Waals surface area contributed by atoms with Crippen molar-refractivity contribution in [1.29, 1.82) is 0 Å². The smallest absolute Gasteiger partial charge is 0.249 e. The third-order valence-electron chi connectivity index (χ3n) is 5.41. The number of hydrogen-bond donors (Lipinski definition) is 1. The van der Waals surface area contributed by atoms with Crippen LogP contribution in [-0.4, -0.2) is 34.8 Å². The first-order chi connectivity index (χ1) is 10.1. The van der Waals surface area contributed by atoms with Crippen LogP contribution in [0.3, 0.4) is 0 Å². The van der Waals surface area contributed by atoms with Gasteiger partial charge in [-0.3, -0.25) is 9.59 Å². The number of carbonyl (C=O) groups is 2. The quantitative estimate of drug-likeness (QED) is 0.733. The lowest BCUT2D eigenvalue weighted by molar-refractivity contribution is -0.156. The molecule has 1 aliphatic heterocycles. The van der Waals surface area contributed by atoms with Crippen LogP contribution in [0.5, 0.6) is 0 Å². The summed E-state index contributed by atoms with van der Waals surface area (Å²) in [5.74, 6) is 1.04. The maximum atomic E-state index is 13.0. The van der Waals surface area contributed by atoms with Gasteiger partial charge in [0.2, 0.25) is 11.8 Å². The number of carbonyl (C=O) groups excluding carboxylic acids is 2. The number of piperazine rings is 1. The molecule has 3 rings (SSSR count). The van der Waals surface area contributed by atoms with Gasteiger partial charge in [-0.25, -0.2) is 0 Å². The molecule has 4 heteroatoms. The zero-order chi connectivity index (χ0) is 15.0. The van der Waals surface area contributed by atoms with Gasteiger partial charge in [0.05, 0.1) is 0 Å². The Morgan fingerprint density at radius 3 is 2.43 bits per heavy atom. The maximum absolute atomic E-state index is 13.0. The average molecular weight is 292 g/mol. The molecular formula is C17H28N2O2. The van der Waals surface area contributed by atoms with Gasteiger partial charge in [0.1, 0.15) is 11.6 Å². The summed E-state index contributed by atoms with van der Waals surface area (Å²) in [6.07, 6.45) is 8.91. The second kappa shape index (κ2) is 5.62. The molecule has 1 saturated heterocycles. The summed E-state index contributed by atoms with van der Waals surface area (Å²) in [7, 11) is 0. The first-order valence-corrected chi connectivity index (χ1v) is 8.71. The van der Waals surface area contributed by atoms with E-state index in [1.54, 1.807) is 0 Å². The van der Waals surface area contributed by atoms with Crippen LogP contribution >= 0.6 is 0 Å². The Kier molecular flexibility index (Phi) is 3.98. The van der Waals surface area contributed by atoms with Crippen molar-refractivity contribution in [2.45, 2.75) is 76.8 Å². The minimum absolute atomic E-state index is 0.0991. The van der Waals surface area contributed by atoms with Crippen LogP contribution in [-0.2, 0) is 9.59 Å². The zero-order valence-corrected chi connectivity index (χ0v) is 13.4. The van der Waals surface area contributed by atoms with Gasteiger partial charge in [-0.05, 0) is 50.9 Å². The van der Waals surface area contributed by atoms with Gasteiger partial charge in [0, 0.05) is 6.54 Å². The van der Waals surface area contributed by atoms with E-state index >= 15 is 0 Å². The fraction of sp³-hybridized carbons (Fsp3) is 0.882. The van der Waals surface area contributed by atoms with Gasteiger partial charge in [-0.1, -0.05) is 26.2 Å². The highest BCUT2D eigenvalue weighted by Gasteiger charge is 2.57. The van der Waals surface area contributed by atoms with Crippen molar-refractivity contribution >= 4 is 11.8 Å². The van der Waals surface area contributed by atoms with Gasteiger partial charge in [0.25, 0.3) is 0 Å². The normalized spacial score (nSPS) is 33.2. The van der Waals surface area contributed by atoms with Crippen molar-refractivity contribution in [1.82, 2.24) is 10.2 Å². The Morgan fingerprint density at radius 1 is 1.14 bits per heavy atom. The standard InChI is InChI=1S/C17H28N2O2/c1-3-4-5-6-11-19-14(12-7-8-12)15(20)18-17(2,16(19)21)13-9-10-13/h12-14H,3-11H2,1-2H3,(H,18,20). The first-order valence-electron chi connectivity index (χ1n) is 8.71. The molecule has 3 fully saturated rings. The fourth-order valence-electron chi connectivity index (χ4n) is 3.72. The Labute approximate surface area is 127 Å². The molecular weight excluding hydrogens is 264 g/mol. The van der Waals surface area contributed by atoms with Gasteiger partial charge in [0.15, 0.2) is 0 Å². The van der Waals surface area contributed by atoms with Gasteiger partial charge >= 0.3 is 0 Å². The van der Waals surface area contributed by atoms with E-state index in [4.69, 9.17) is 0 Å². The molecule has 0 aromatic carbocycles. The number of amides is 2. The predicted molar refractivity (Wildman–Crippen MR) is 81.6 cm³/mol. The van der Waals surface area contributed by atoms with Crippen LogP contribution in [0.25, 0.3) is 0 Å².